The maximum Gasteiger partial charge on any atom is 0.541 e. The average molecular weight is 367 g/mol. The number of hydrogen-bond donors (Lipinski definition) is 1. The van der Waals surface area contributed by atoms with Crippen LogP contribution < -0.4 is 14.1 Å². The first kappa shape index (κ1) is 18.1. The summed E-state index contributed by atoms with van der Waals surface area (Å²) in [7, 11) is -3.70. The zero-order chi connectivity index (χ0) is 18.6. The molecule has 0 atom stereocenters. The highest BCUT2D eigenvalue weighted by molar-refractivity contribution is 7.56. The van der Waals surface area contributed by atoms with Gasteiger partial charge in [-0.1, -0.05) is 54.1 Å². The lowest BCUT2D eigenvalue weighted by Crippen LogP contribution is -2.11. The minimum atomic E-state index is -3.70. The van der Waals surface area contributed by atoms with Crippen molar-refractivity contribution < 1.29 is 13.6 Å². The van der Waals surface area contributed by atoms with Crippen LogP contribution in [0.4, 0.5) is 5.69 Å². The third-order valence-corrected chi connectivity index (χ3v) is 5.26. The van der Waals surface area contributed by atoms with Crippen molar-refractivity contribution in [3.63, 3.8) is 0 Å². The number of nitrogens with one attached hydrogen (secondary N) is 1. The molecule has 0 bridgehead atoms. The van der Waals surface area contributed by atoms with Crippen molar-refractivity contribution in [2.75, 3.05) is 5.09 Å². The minimum absolute atomic E-state index is 0.474. The molecule has 0 saturated heterocycles. The van der Waals surface area contributed by atoms with Crippen LogP contribution in [0.15, 0.2) is 72.8 Å². The van der Waals surface area contributed by atoms with Crippen molar-refractivity contribution in [1.29, 1.82) is 0 Å². The Kier molecular flexibility index (Phi) is 5.34. The summed E-state index contributed by atoms with van der Waals surface area (Å²) in [5, 5.41) is 3.03. The minimum Gasteiger partial charge on any atom is -0.400 e. The molecule has 5 heteroatoms. The molecule has 0 aliphatic rings. The van der Waals surface area contributed by atoms with Gasteiger partial charge in [0.05, 0.1) is 5.69 Å². The number of anilines is 1. The Balaban J connectivity index is 1.96. The van der Waals surface area contributed by atoms with E-state index in [1.54, 1.807) is 24.3 Å². The molecular formula is C21H22NO3P. The zero-order valence-corrected chi connectivity index (χ0v) is 16.0. The highest BCUT2D eigenvalue weighted by Crippen LogP contribution is 2.49. The third-order valence-electron chi connectivity index (χ3n) is 3.86. The van der Waals surface area contributed by atoms with Crippen molar-refractivity contribution in [3.05, 3.63) is 89.5 Å². The number of benzene rings is 3. The molecule has 4 nitrogen and oxygen atoms in total. The Morgan fingerprint density at radius 2 is 1.15 bits per heavy atom. The van der Waals surface area contributed by atoms with Gasteiger partial charge in [-0.2, -0.15) is 0 Å². The van der Waals surface area contributed by atoms with Gasteiger partial charge in [-0.05, 0) is 56.2 Å². The summed E-state index contributed by atoms with van der Waals surface area (Å²) < 4.78 is 25.1. The molecule has 0 aliphatic carbocycles. The predicted octanol–water partition coefficient (Wildman–Crippen LogP) is 6.29. The van der Waals surface area contributed by atoms with Crippen LogP contribution in [0.3, 0.4) is 0 Å². The molecule has 3 aromatic rings. The van der Waals surface area contributed by atoms with Crippen molar-refractivity contribution >= 4 is 13.4 Å². The molecular weight excluding hydrogens is 345 g/mol. The molecule has 134 valence electrons. The van der Waals surface area contributed by atoms with Gasteiger partial charge in [0.1, 0.15) is 11.5 Å². The van der Waals surface area contributed by atoms with Crippen LogP contribution in [0.5, 0.6) is 11.5 Å². The van der Waals surface area contributed by atoms with Crippen LogP contribution >= 0.6 is 7.75 Å². The molecule has 0 saturated carbocycles. The van der Waals surface area contributed by atoms with E-state index in [1.165, 1.54) is 0 Å². The summed E-state index contributed by atoms with van der Waals surface area (Å²) in [6, 6.07) is 22.1. The smallest absolute Gasteiger partial charge is 0.400 e. The Hall–Kier alpha value is -2.71. The van der Waals surface area contributed by atoms with Crippen LogP contribution in [0.2, 0.25) is 0 Å². The van der Waals surface area contributed by atoms with Crippen molar-refractivity contribution in [2.45, 2.75) is 20.8 Å². The standard InChI is InChI=1S/C21H22NO3P/c1-16-14-17(2)21(18(3)15-16)22-26(23,24-19-10-6-4-7-11-19)25-20-12-8-5-9-13-20/h4-15H,1-3H3,(H,22,23). The number of aryl methyl sites for hydroxylation is 3. The fourth-order valence-corrected chi connectivity index (χ4v) is 4.35. The second-order valence-electron chi connectivity index (χ2n) is 6.19. The maximum absolute atomic E-state index is 13.6. The van der Waals surface area contributed by atoms with Crippen molar-refractivity contribution in [1.82, 2.24) is 0 Å². The summed E-state index contributed by atoms with van der Waals surface area (Å²) in [4.78, 5) is 0. The van der Waals surface area contributed by atoms with Crippen LogP contribution in [0, 0.1) is 20.8 Å². The molecule has 0 radical (unpaired) electrons. The van der Waals surface area contributed by atoms with E-state index in [-0.39, 0.29) is 0 Å². The van der Waals surface area contributed by atoms with Gasteiger partial charge in [0.15, 0.2) is 0 Å². The molecule has 0 amide bonds. The van der Waals surface area contributed by atoms with Crippen LogP contribution in [-0.2, 0) is 4.57 Å². The summed E-state index contributed by atoms with van der Waals surface area (Å²) in [5.74, 6) is 0.948. The van der Waals surface area contributed by atoms with Gasteiger partial charge in [-0.15, -0.1) is 0 Å². The van der Waals surface area contributed by atoms with Crippen LogP contribution in [0.1, 0.15) is 16.7 Å². The third kappa shape index (κ3) is 4.47. The zero-order valence-electron chi connectivity index (χ0n) is 15.1. The van der Waals surface area contributed by atoms with Gasteiger partial charge >= 0.3 is 7.75 Å². The van der Waals surface area contributed by atoms with E-state index in [2.05, 4.69) is 5.09 Å². The predicted molar refractivity (Wildman–Crippen MR) is 106 cm³/mol. The fraction of sp³-hybridized carbons (Fsp3) is 0.143. The lowest BCUT2D eigenvalue weighted by atomic mass is 10.1. The van der Waals surface area contributed by atoms with Gasteiger partial charge in [0.25, 0.3) is 0 Å². The van der Waals surface area contributed by atoms with Crippen molar-refractivity contribution in [2.24, 2.45) is 0 Å². The van der Waals surface area contributed by atoms with E-state index in [0.717, 1.165) is 22.4 Å². The highest BCUT2D eigenvalue weighted by Gasteiger charge is 2.30. The Bertz CT molecular complexity index is 858. The number of para-hydroxylation sites is 2. The Morgan fingerprint density at radius 3 is 1.58 bits per heavy atom. The lowest BCUT2D eigenvalue weighted by Gasteiger charge is -2.23. The summed E-state index contributed by atoms with van der Waals surface area (Å²) >= 11 is 0. The molecule has 26 heavy (non-hydrogen) atoms. The van der Waals surface area contributed by atoms with E-state index >= 15 is 0 Å². The molecule has 0 fully saturated rings. The molecule has 0 heterocycles. The van der Waals surface area contributed by atoms with Crippen molar-refractivity contribution in [3.8, 4) is 11.5 Å². The van der Waals surface area contributed by atoms with Gasteiger partial charge in [0, 0.05) is 0 Å². The van der Waals surface area contributed by atoms with E-state index in [1.807, 2.05) is 69.3 Å². The second-order valence-corrected chi connectivity index (χ2v) is 7.78. The fourth-order valence-electron chi connectivity index (χ4n) is 2.80. The van der Waals surface area contributed by atoms with Gasteiger partial charge in [-0.3, -0.25) is 5.09 Å². The monoisotopic (exact) mass is 367 g/mol. The maximum atomic E-state index is 13.6. The summed E-state index contributed by atoms with van der Waals surface area (Å²) in [5.41, 5.74) is 3.87. The molecule has 1 N–H and O–H groups in total. The molecule has 0 unspecified atom stereocenters. The van der Waals surface area contributed by atoms with Gasteiger partial charge in [0.2, 0.25) is 0 Å². The van der Waals surface area contributed by atoms with Gasteiger partial charge < -0.3 is 9.05 Å². The van der Waals surface area contributed by atoms with E-state index in [0.29, 0.717) is 11.5 Å². The largest absolute Gasteiger partial charge is 0.541 e. The first-order chi connectivity index (χ1) is 12.5. The van der Waals surface area contributed by atoms with E-state index in [4.69, 9.17) is 9.05 Å². The summed E-state index contributed by atoms with van der Waals surface area (Å²) in [6.07, 6.45) is 0. The second kappa shape index (κ2) is 7.67. The first-order valence-corrected chi connectivity index (χ1v) is 9.95. The normalized spacial score (nSPS) is 11.0. The molecule has 0 aliphatic heterocycles. The SMILES string of the molecule is Cc1cc(C)c(NP(=O)(Oc2ccccc2)Oc2ccccc2)c(C)c1. The van der Waals surface area contributed by atoms with E-state index < -0.39 is 7.75 Å². The summed E-state index contributed by atoms with van der Waals surface area (Å²) in [6.45, 7) is 5.97. The van der Waals surface area contributed by atoms with Gasteiger partial charge in [-0.25, -0.2) is 4.57 Å². The first-order valence-electron chi connectivity index (χ1n) is 8.41. The van der Waals surface area contributed by atoms with Crippen LogP contribution in [0.25, 0.3) is 0 Å². The Labute approximate surface area is 154 Å². The molecule has 0 aromatic heterocycles. The quantitative estimate of drug-likeness (QED) is 0.520. The number of rotatable bonds is 6. The topological polar surface area (TPSA) is 47.6 Å². The molecule has 3 rings (SSSR count). The molecule has 0 spiro atoms. The highest BCUT2D eigenvalue weighted by atomic mass is 31.2. The van der Waals surface area contributed by atoms with Crippen LogP contribution in [-0.4, -0.2) is 0 Å². The average Bonchev–Trinajstić information content (AvgIpc) is 2.60. The lowest BCUT2D eigenvalue weighted by molar-refractivity contribution is 0.392. The van der Waals surface area contributed by atoms with E-state index in [9.17, 15) is 4.57 Å². The number of hydrogen-bond acceptors (Lipinski definition) is 3. The Morgan fingerprint density at radius 1 is 0.731 bits per heavy atom. The molecule has 3 aromatic carbocycles.